The van der Waals surface area contributed by atoms with Gasteiger partial charge in [-0.25, -0.2) is 0 Å². The van der Waals surface area contributed by atoms with Crippen LogP contribution >= 0.6 is 31.9 Å². The van der Waals surface area contributed by atoms with Gasteiger partial charge in [-0.05, 0) is 24.1 Å². The van der Waals surface area contributed by atoms with Crippen molar-refractivity contribution in [3.63, 3.8) is 0 Å². The van der Waals surface area contributed by atoms with Crippen LogP contribution in [0.1, 0.15) is 19.4 Å². The Labute approximate surface area is 126 Å². The highest BCUT2D eigenvalue weighted by atomic mass is 79.9. The number of halogens is 5. The number of hydrogen-bond acceptors (Lipinski definition) is 1. The fourth-order valence-corrected chi connectivity index (χ4v) is 1.92. The van der Waals surface area contributed by atoms with Crippen molar-refractivity contribution in [2.24, 2.45) is 5.92 Å². The number of hydrogen-bond donors (Lipinski definition) is 1. The van der Waals surface area contributed by atoms with Crippen LogP contribution in [0.5, 0.6) is 0 Å². The molecule has 1 N–H and O–H groups in total. The Hall–Kier alpha value is -0.560. The van der Waals surface area contributed by atoms with Crippen molar-refractivity contribution in [3.8, 4) is 0 Å². The van der Waals surface area contributed by atoms with Crippen LogP contribution in [0, 0.1) is 5.92 Å². The van der Waals surface area contributed by atoms with Gasteiger partial charge in [-0.3, -0.25) is 4.79 Å². The Morgan fingerprint density at radius 1 is 1.32 bits per heavy atom. The third kappa shape index (κ3) is 4.49. The zero-order valence-corrected chi connectivity index (χ0v) is 13.4. The molecule has 1 aromatic rings. The molecule has 2 nitrogen and oxygen atoms in total. The van der Waals surface area contributed by atoms with E-state index in [1.165, 1.54) is 12.1 Å². The zero-order chi connectivity index (χ0) is 14.8. The Kier molecular flexibility index (Phi) is 5.43. The first-order valence-electron chi connectivity index (χ1n) is 5.44. The summed E-state index contributed by atoms with van der Waals surface area (Å²) in [6, 6.07) is 3.58. The summed E-state index contributed by atoms with van der Waals surface area (Å²) in [6.07, 6.45) is -4.47. The Bertz CT molecular complexity index is 475. The van der Waals surface area contributed by atoms with Crippen molar-refractivity contribution >= 4 is 43.5 Å². The molecule has 1 amide bonds. The van der Waals surface area contributed by atoms with Gasteiger partial charge in [0.05, 0.1) is 10.4 Å². The Morgan fingerprint density at radius 2 is 1.89 bits per heavy atom. The van der Waals surface area contributed by atoms with Gasteiger partial charge in [-0.2, -0.15) is 13.2 Å². The summed E-state index contributed by atoms with van der Waals surface area (Å²) in [5.74, 6) is -0.331. The van der Waals surface area contributed by atoms with Crippen LogP contribution in [0.2, 0.25) is 0 Å². The molecule has 0 bridgehead atoms. The molecule has 0 saturated heterocycles. The second-order valence-electron chi connectivity index (χ2n) is 4.33. The average Bonchev–Trinajstić information content (AvgIpc) is 2.28. The second-order valence-corrected chi connectivity index (χ2v) is 6.17. The van der Waals surface area contributed by atoms with E-state index in [0.29, 0.717) is 0 Å². The molecule has 0 aromatic heterocycles. The third-order valence-electron chi connectivity index (χ3n) is 2.38. The number of anilines is 1. The lowest BCUT2D eigenvalue weighted by molar-refractivity contribution is -0.138. The normalized spacial score (nSPS) is 13.5. The molecular weight excluding hydrogens is 391 g/mol. The van der Waals surface area contributed by atoms with E-state index in [0.717, 1.165) is 6.07 Å². The number of rotatable bonds is 3. The van der Waals surface area contributed by atoms with E-state index in [1.54, 1.807) is 0 Å². The maximum atomic E-state index is 12.7. The second kappa shape index (κ2) is 6.26. The first-order chi connectivity index (χ1) is 8.62. The van der Waals surface area contributed by atoms with E-state index >= 15 is 0 Å². The van der Waals surface area contributed by atoms with E-state index < -0.39 is 16.6 Å². The molecule has 0 radical (unpaired) electrons. The van der Waals surface area contributed by atoms with Crippen molar-refractivity contribution in [2.75, 3.05) is 5.32 Å². The van der Waals surface area contributed by atoms with Crippen molar-refractivity contribution < 1.29 is 18.0 Å². The largest absolute Gasteiger partial charge is 0.417 e. The number of carbonyl (C=O) groups excluding carboxylic acids is 1. The highest BCUT2D eigenvalue weighted by molar-refractivity contribution is 9.10. The highest BCUT2D eigenvalue weighted by Gasteiger charge is 2.33. The van der Waals surface area contributed by atoms with Gasteiger partial charge in [0.2, 0.25) is 5.91 Å². The van der Waals surface area contributed by atoms with E-state index in [1.807, 2.05) is 13.8 Å². The molecule has 1 atom stereocenters. The van der Waals surface area contributed by atoms with Crippen molar-refractivity contribution in [3.05, 3.63) is 28.2 Å². The van der Waals surface area contributed by atoms with Gasteiger partial charge in [0.25, 0.3) is 0 Å². The van der Waals surface area contributed by atoms with Crippen LogP contribution in [-0.2, 0) is 11.0 Å². The van der Waals surface area contributed by atoms with Gasteiger partial charge in [0.1, 0.15) is 0 Å². The standard InChI is InChI=1S/C12H12Br2F3NO/c1-6(2)10(14)11(19)18-7-3-4-9(13)8(5-7)12(15,16)17/h3-6,10H,1-2H3,(H,18,19). The summed E-state index contributed by atoms with van der Waals surface area (Å²) in [7, 11) is 0. The SMILES string of the molecule is CC(C)C(Br)C(=O)Nc1ccc(Br)c(C(F)(F)F)c1. The first-order valence-corrected chi connectivity index (χ1v) is 7.15. The molecule has 1 unspecified atom stereocenters. The first kappa shape index (κ1) is 16.5. The number of benzene rings is 1. The molecule has 1 aromatic carbocycles. The van der Waals surface area contributed by atoms with Crippen molar-refractivity contribution in [2.45, 2.75) is 24.9 Å². The topological polar surface area (TPSA) is 29.1 Å². The molecule has 106 valence electrons. The zero-order valence-electron chi connectivity index (χ0n) is 10.2. The summed E-state index contributed by atoms with van der Waals surface area (Å²) in [5, 5.41) is 2.46. The van der Waals surface area contributed by atoms with Crippen LogP contribution in [0.3, 0.4) is 0 Å². The quantitative estimate of drug-likeness (QED) is 0.721. The van der Waals surface area contributed by atoms with Crippen LogP contribution < -0.4 is 5.32 Å². The number of alkyl halides is 4. The molecule has 0 saturated carbocycles. The summed E-state index contributed by atoms with van der Waals surface area (Å²) in [4.78, 5) is 11.3. The van der Waals surface area contributed by atoms with E-state index in [2.05, 4.69) is 37.2 Å². The van der Waals surface area contributed by atoms with Gasteiger partial charge in [-0.1, -0.05) is 45.7 Å². The lowest BCUT2D eigenvalue weighted by Crippen LogP contribution is -2.27. The molecule has 0 fully saturated rings. The van der Waals surface area contributed by atoms with Gasteiger partial charge in [-0.15, -0.1) is 0 Å². The van der Waals surface area contributed by atoms with Crippen molar-refractivity contribution in [1.82, 2.24) is 0 Å². The third-order valence-corrected chi connectivity index (χ3v) is 4.54. The molecule has 0 aliphatic rings. The minimum Gasteiger partial charge on any atom is -0.325 e. The lowest BCUT2D eigenvalue weighted by atomic mass is 10.1. The van der Waals surface area contributed by atoms with Crippen LogP contribution in [-0.4, -0.2) is 10.7 Å². The molecule has 0 heterocycles. The van der Waals surface area contributed by atoms with Crippen LogP contribution in [0.25, 0.3) is 0 Å². The van der Waals surface area contributed by atoms with E-state index in [9.17, 15) is 18.0 Å². The van der Waals surface area contributed by atoms with Crippen LogP contribution in [0.4, 0.5) is 18.9 Å². The number of carbonyl (C=O) groups is 1. The smallest absolute Gasteiger partial charge is 0.325 e. The summed E-state index contributed by atoms with van der Waals surface area (Å²) < 4.78 is 38.0. The molecule has 0 spiro atoms. The van der Waals surface area contributed by atoms with E-state index in [4.69, 9.17) is 0 Å². The fourth-order valence-electron chi connectivity index (χ4n) is 1.33. The predicted molar refractivity (Wildman–Crippen MR) is 75.3 cm³/mol. The minimum atomic E-state index is -4.47. The summed E-state index contributed by atoms with van der Waals surface area (Å²) in [6.45, 7) is 3.67. The number of nitrogens with one attached hydrogen (secondary N) is 1. The van der Waals surface area contributed by atoms with Crippen LogP contribution in [0.15, 0.2) is 22.7 Å². The summed E-state index contributed by atoms with van der Waals surface area (Å²) in [5.41, 5.74) is -0.702. The van der Waals surface area contributed by atoms with Gasteiger partial charge in [0.15, 0.2) is 0 Å². The maximum absolute atomic E-state index is 12.7. The molecule has 0 aliphatic heterocycles. The molecule has 1 rings (SSSR count). The fraction of sp³-hybridized carbons (Fsp3) is 0.417. The highest BCUT2D eigenvalue weighted by Crippen LogP contribution is 2.36. The minimum absolute atomic E-state index is 0.0394. The van der Waals surface area contributed by atoms with Gasteiger partial charge < -0.3 is 5.32 Å². The molecule has 7 heteroatoms. The Balaban J connectivity index is 2.95. The monoisotopic (exact) mass is 401 g/mol. The van der Waals surface area contributed by atoms with E-state index in [-0.39, 0.29) is 22.0 Å². The summed E-state index contributed by atoms with van der Waals surface area (Å²) >= 11 is 6.04. The van der Waals surface area contributed by atoms with Gasteiger partial charge in [0, 0.05) is 10.2 Å². The number of amides is 1. The maximum Gasteiger partial charge on any atom is 0.417 e. The predicted octanol–water partition coefficient (Wildman–Crippen LogP) is 4.83. The van der Waals surface area contributed by atoms with Crippen molar-refractivity contribution in [1.29, 1.82) is 0 Å². The lowest BCUT2D eigenvalue weighted by Gasteiger charge is -2.15. The Morgan fingerprint density at radius 3 is 2.37 bits per heavy atom. The molecule has 19 heavy (non-hydrogen) atoms. The molecular formula is C12H12Br2F3NO. The van der Waals surface area contributed by atoms with Gasteiger partial charge >= 0.3 is 6.18 Å². The molecule has 0 aliphatic carbocycles. The average molecular weight is 403 g/mol.